The summed E-state index contributed by atoms with van der Waals surface area (Å²) in [5.41, 5.74) is 4.71. The molecule has 1 unspecified atom stereocenters. The summed E-state index contributed by atoms with van der Waals surface area (Å²) >= 11 is 1.64. The standard InChI is InChI=1S/C25H36N4O2S/c1-6-20(8-7-9-29-12-10-28(5)11-13-29)23-19(4)22(16-32-23)24(30)26-15-21-17(2)14-18(3)27-25(21)31/h6,14,16,21H,7-13,15H2,1-5H3,(H,26,30)/b20-6-. The molecule has 6 nitrogen and oxygen atoms in total. The van der Waals surface area contributed by atoms with E-state index < -0.39 is 0 Å². The van der Waals surface area contributed by atoms with Crippen LogP contribution in [0.15, 0.2) is 28.1 Å². The van der Waals surface area contributed by atoms with Crippen LogP contribution in [0.5, 0.6) is 0 Å². The number of hydrogen-bond donors (Lipinski definition) is 1. The minimum atomic E-state index is -0.373. The Morgan fingerprint density at radius 3 is 2.62 bits per heavy atom. The molecule has 7 heteroatoms. The van der Waals surface area contributed by atoms with Crippen molar-refractivity contribution in [2.24, 2.45) is 10.9 Å². The molecule has 3 rings (SSSR count). The Kier molecular flexibility index (Phi) is 8.57. The quantitative estimate of drug-likeness (QED) is 0.647. The highest BCUT2D eigenvalue weighted by Gasteiger charge is 2.25. The van der Waals surface area contributed by atoms with Crippen molar-refractivity contribution in [1.29, 1.82) is 0 Å². The van der Waals surface area contributed by atoms with Gasteiger partial charge in [-0.1, -0.05) is 11.6 Å². The van der Waals surface area contributed by atoms with Crippen LogP contribution in [-0.2, 0) is 4.79 Å². The van der Waals surface area contributed by atoms with E-state index in [4.69, 9.17) is 0 Å². The van der Waals surface area contributed by atoms with E-state index in [1.165, 1.54) is 10.5 Å². The lowest BCUT2D eigenvalue weighted by Gasteiger charge is -2.32. The number of hydrogen-bond acceptors (Lipinski definition) is 5. The second-order valence-electron chi connectivity index (χ2n) is 8.91. The Balaban J connectivity index is 1.55. The van der Waals surface area contributed by atoms with Gasteiger partial charge in [0, 0.05) is 48.7 Å². The Morgan fingerprint density at radius 1 is 1.25 bits per heavy atom. The van der Waals surface area contributed by atoms with E-state index in [2.05, 4.69) is 40.2 Å². The van der Waals surface area contributed by atoms with Gasteiger partial charge < -0.3 is 15.1 Å². The molecule has 2 aliphatic heterocycles. The number of dihydropyridines is 1. The maximum absolute atomic E-state index is 12.9. The third-order valence-corrected chi connectivity index (χ3v) is 7.64. The molecule has 2 amide bonds. The van der Waals surface area contributed by atoms with Gasteiger partial charge in [-0.05, 0) is 71.3 Å². The van der Waals surface area contributed by atoms with Crippen LogP contribution in [0.3, 0.4) is 0 Å². The summed E-state index contributed by atoms with van der Waals surface area (Å²) in [6, 6.07) is 0. The van der Waals surface area contributed by atoms with Crippen LogP contribution in [0.1, 0.15) is 54.4 Å². The Morgan fingerprint density at radius 2 is 1.97 bits per heavy atom. The maximum atomic E-state index is 12.9. The second kappa shape index (κ2) is 11.2. The van der Waals surface area contributed by atoms with E-state index in [9.17, 15) is 9.59 Å². The lowest BCUT2D eigenvalue weighted by Crippen LogP contribution is -2.44. The minimum absolute atomic E-state index is 0.121. The molecule has 1 saturated heterocycles. The van der Waals surface area contributed by atoms with Crippen molar-refractivity contribution in [2.75, 3.05) is 46.3 Å². The molecule has 3 heterocycles. The monoisotopic (exact) mass is 456 g/mol. The van der Waals surface area contributed by atoms with E-state index in [0.29, 0.717) is 5.56 Å². The summed E-state index contributed by atoms with van der Waals surface area (Å²) in [5.74, 6) is -0.673. The Labute approximate surface area is 196 Å². The number of thiophene rings is 1. The van der Waals surface area contributed by atoms with Gasteiger partial charge >= 0.3 is 0 Å². The van der Waals surface area contributed by atoms with Crippen LogP contribution in [0, 0.1) is 12.8 Å². The molecule has 1 atom stereocenters. The van der Waals surface area contributed by atoms with Crippen molar-refractivity contribution < 1.29 is 9.59 Å². The zero-order valence-corrected chi connectivity index (χ0v) is 20.8. The first-order chi connectivity index (χ1) is 15.3. The third kappa shape index (κ3) is 6.03. The van der Waals surface area contributed by atoms with Crippen molar-refractivity contribution in [3.63, 3.8) is 0 Å². The molecule has 0 aromatic carbocycles. The summed E-state index contributed by atoms with van der Waals surface area (Å²) in [6.07, 6.45) is 6.23. The van der Waals surface area contributed by atoms with Gasteiger partial charge in [0.25, 0.3) is 11.8 Å². The minimum Gasteiger partial charge on any atom is -0.351 e. The highest BCUT2D eigenvalue weighted by molar-refractivity contribution is 7.11. The number of carbonyl (C=O) groups is 2. The SMILES string of the molecule is C/C=C(/CCCN1CCN(C)CC1)c1scc(C(=O)NCC2C(=O)N=C(C)C=C2C)c1C. The number of aliphatic imine (C=N–C) groups is 1. The highest BCUT2D eigenvalue weighted by Crippen LogP contribution is 2.31. The second-order valence-corrected chi connectivity index (χ2v) is 9.79. The Bertz CT molecular complexity index is 936. The molecule has 2 aliphatic rings. The highest BCUT2D eigenvalue weighted by atomic mass is 32.1. The molecule has 1 N–H and O–H groups in total. The number of carbonyl (C=O) groups excluding carboxylic acids is 2. The first-order valence-electron chi connectivity index (χ1n) is 11.5. The van der Waals surface area contributed by atoms with Crippen LogP contribution in [-0.4, -0.2) is 73.6 Å². The van der Waals surface area contributed by atoms with Crippen molar-refractivity contribution in [3.05, 3.63) is 39.1 Å². The van der Waals surface area contributed by atoms with Gasteiger partial charge in [0.1, 0.15) is 0 Å². The molecule has 0 aliphatic carbocycles. The number of rotatable bonds is 8. The summed E-state index contributed by atoms with van der Waals surface area (Å²) in [6.45, 7) is 13.8. The molecular weight excluding hydrogens is 420 g/mol. The largest absolute Gasteiger partial charge is 0.351 e. The van der Waals surface area contributed by atoms with Crippen LogP contribution in [0.4, 0.5) is 0 Å². The van der Waals surface area contributed by atoms with Crippen molar-refractivity contribution in [2.45, 2.75) is 40.5 Å². The number of nitrogens with one attached hydrogen (secondary N) is 1. The molecule has 1 aromatic rings. The fourth-order valence-corrected chi connectivity index (χ4v) is 5.54. The first kappa shape index (κ1) is 24.6. The molecule has 32 heavy (non-hydrogen) atoms. The predicted octanol–water partition coefficient (Wildman–Crippen LogP) is 3.78. The molecule has 0 saturated carbocycles. The van der Waals surface area contributed by atoms with Gasteiger partial charge in [-0.15, -0.1) is 11.3 Å². The van der Waals surface area contributed by atoms with Crippen molar-refractivity contribution >= 4 is 34.4 Å². The summed E-state index contributed by atoms with van der Waals surface area (Å²) in [7, 11) is 2.18. The van der Waals surface area contributed by atoms with E-state index in [1.807, 2.05) is 32.2 Å². The first-order valence-corrected chi connectivity index (χ1v) is 12.4. The number of amides is 2. The van der Waals surface area contributed by atoms with E-state index in [0.717, 1.165) is 62.4 Å². The average Bonchev–Trinajstić information content (AvgIpc) is 3.13. The lowest BCUT2D eigenvalue weighted by atomic mass is 9.95. The smallest absolute Gasteiger partial charge is 0.254 e. The Hall–Kier alpha value is -2.09. The van der Waals surface area contributed by atoms with E-state index >= 15 is 0 Å². The molecule has 1 fully saturated rings. The number of nitrogens with zero attached hydrogens (tertiary/aromatic N) is 3. The van der Waals surface area contributed by atoms with Gasteiger partial charge in [-0.2, -0.15) is 0 Å². The third-order valence-electron chi connectivity index (χ3n) is 6.48. The fourth-order valence-electron chi connectivity index (χ4n) is 4.36. The van der Waals surface area contributed by atoms with Gasteiger partial charge in [0.05, 0.1) is 11.5 Å². The topological polar surface area (TPSA) is 65.0 Å². The number of piperazine rings is 1. The van der Waals surface area contributed by atoms with Crippen LogP contribution >= 0.6 is 11.3 Å². The van der Waals surface area contributed by atoms with Gasteiger partial charge in [0.15, 0.2) is 0 Å². The predicted molar refractivity (Wildman–Crippen MR) is 134 cm³/mol. The maximum Gasteiger partial charge on any atom is 0.254 e. The normalized spacial score (nSPS) is 20.8. The zero-order chi connectivity index (χ0) is 23.3. The lowest BCUT2D eigenvalue weighted by molar-refractivity contribution is -0.120. The van der Waals surface area contributed by atoms with Crippen molar-refractivity contribution in [1.82, 2.24) is 15.1 Å². The average molecular weight is 457 g/mol. The molecule has 0 radical (unpaired) electrons. The van der Waals surface area contributed by atoms with Crippen LogP contribution in [0.25, 0.3) is 5.57 Å². The van der Waals surface area contributed by atoms with Gasteiger partial charge in [-0.3, -0.25) is 9.59 Å². The molecule has 1 aromatic heterocycles. The molecule has 174 valence electrons. The van der Waals surface area contributed by atoms with Gasteiger partial charge in [0.2, 0.25) is 0 Å². The molecule has 0 bridgehead atoms. The summed E-state index contributed by atoms with van der Waals surface area (Å²) in [5, 5.41) is 4.89. The van der Waals surface area contributed by atoms with Gasteiger partial charge in [-0.25, -0.2) is 4.99 Å². The molecular formula is C25H36N4O2S. The van der Waals surface area contributed by atoms with E-state index in [1.54, 1.807) is 11.3 Å². The summed E-state index contributed by atoms with van der Waals surface area (Å²) in [4.78, 5) is 35.2. The fraction of sp³-hybridized carbons (Fsp3) is 0.560. The number of likely N-dealkylation sites (N-methyl/N-ethyl adjacent to an activating group) is 1. The molecule has 0 spiro atoms. The number of allylic oxidation sites excluding steroid dienone is 3. The van der Waals surface area contributed by atoms with Crippen LogP contribution in [0.2, 0.25) is 0 Å². The zero-order valence-electron chi connectivity index (χ0n) is 20.0. The summed E-state index contributed by atoms with van der Waals surface area (Å²) < 4.78 is 0. The van der Waals surface area contributed by atoms with Crippen molar-refractivity contribution in [3.8, 4) is 0 Å². The van der Waals surface area contributed by atoms with Crippen LogP contribution < -0.4 is 5.32 Å². The van der Waals surface area contributed by atoms with E-state index in [-0.39, 0.29) is 24.3 Å².